The Labute approximate surface area is 136 Å². The molecule has 0 spiro atoms. The number of hydrogen-bond acceptors (Lipinski definition) is 3. The van der Waals surface area contributed by atoms with Gasteiger partial charge in [-0.15, -0.1) is 0 Å². The monoisotopic (exact) mass is 310 g/mol. The first-order valence-electron chi connectivity index (χ1n) is 8.08. The zero-order valence-corrected chi connectivity index (χ0v) is 13.5. The Morgan fingerprint density at radius 3 is 2.70 bits per heavy atom. The van der Waals surface area contributed by atoms with Gasteiger partial charge in [-0.05, 0) is 42.0 Å². The highest BCUT2D eigenvalue weighted by Crippen LogP contribution is 2.31. The van der Waals surface area contributed by atoms with Crippen molar-refractivity contribution in [2.24, 2.45) is 11.8 Å². The van der Waals surface area contributed by atoms with Crippen molar-refractivity contribution < 1.29 is 9.53 Å². The second kappa shape index (κ2) is 6.92. The van der Waals surface area contributed by atoms with Gasteiger partial charge in [0.1, 0.15) is 6.10 Å². The molecule has 120 valence electrons. The van der Waals surface area contributed by atoms with Crippen LogP contribution in [0.15, 0.2) is 48.8 Å². The molecule has 0 bridgehead atoms. The Bertz CT molecular complexity index is 670. The number of nitrogens with zero attached hydrogens (tertiary/aromatic N) is 1. The molecule has 2 aromatic rings. The summed E-state index contributed by atoms with van der Waals surface area (Å²) >= 11 is 0. The van der Waals surface area contributed by atoms with E-state index in [0.717, 1.165) is 23.2 Å². The summed E-state index contributed by atoms with van der Waals surface area (Å²) in [4.78, 5) is 16.7. The molecule has 23 heavy (non-hydrogen) atoms. The molecule has 3 rings (SSSR count). The SMILES string of the molecule is CC(C)[C@H]1CCO[C@H]1C(=O)Nc1ccccc1-c1ccncc1. The van der Waals surface area contributed by atoms with Gasteiger partial charge < -0.3 is 10.1 Å². The standard InChI is InChI=1S/C19H22N2O2/c1-13(2)15-9-12-23-18(15)19(22)21-17-6-4-3-5-16(17)14-7-10-20-11-8-14/h3-8,10-11,13,15,18H,9,12H2,1-2H3,(H,21,22)/t15-,18-/m1/s1. The van der Waals surface area contributed by atoms with Gasteiger partial charge in [0.2, 0.25) is 0 Å². The Morgan fingerprint density at radius 2 is 1.96 bits per heavy atom. The molecule has 0 radical (unpaired) electrons. The number of benzene rings is 1. The number of amides is 1. The van der Waals surface area contributed by atoms with Gasteiger partial charge in [-0.1, -0.05) is 32.0 Å². The number of para-hydroxylation sites is 1. The van der Waals surface area contributed by atoms with E-state index in [1.807, 2.05) is 36.4 Å². The predicted molar refractivity (Wildman–Crippen MR) is 91.0 cm³/mol. The van der Waals surface area contributed by atoms with E-state index in [1.54, 1.807) is 12.4 Å². The van der Waals surface area contributed by atoms with Crippen molar-refractivity contribution in [2.45, 2.75) is 26.4 Å². The van der Waals surface area contributed by atoms with Crippen LogP contribution in [0.4, 0.5) is 5.69 Å². The summed E-state index contributed by atoms with van der Waals surface area (Å²) in [6.45, 7) is 4.95. The molecule has 1 aliphatic rings. The highest BCUT2D eigenvalue weighted by atomic mass is 16.5. The summed E-state index contributed by atoms with van der Waals surface area (Å²) in [5, 5.41) is 3.05. The van der Waals surface area contributed by atoms with Crippen LogP contribution in [0.3, 0.4) is 0 Å². The van der Waals surface area contributed by atoms with Crippen molar-refractivity contribution in [3.63, 3.8) is 0 Å². The molecule has 1 N–H and O–H groups in total. The number of pyridine rings is 1. The molecule has 0 unspecified atom stereocenters. The van der Waals surface area contributed by atoms with Crippen molar-refractivity contribution >= 4 is 11.6 Å². The van der Waals surface area contributed by atoms with E-state index in [0.29, 0.717) is 12.5 Å². The van der Waals surface area contributed by atoms with Crippen LogP contribution in [0.2, 0.25) is 0 Å². The molecule has 2 atom stereocenters. The maximum absolute atomic E-state index is 12.7. The lowest BCUT2D eigenvalue weighted by atomic mass is 9.89. The van der Waals surface area contributed by atoms with Crippen molar-refractivity contribution in [2.75, 3.05) is 11.9 Å². The van der Waals surface area contributed by atoms with Gasteiger partial charge in [0.25, 0.3) is 5.91 Å². The van der Waals surface area contributed by atoms with Crippen LogP contribution < -0.4 is 5.32 Å². The first-order chi connectivity index (χ1) is 11.2. The van der Waals surface area contributed by atoms with Gasteiger partial charge in [-0.3, -0.25) is 9.78 Å². The minimum atomic E-state index is -0.361. The second-order valence-electron chi connectivity index (χ2n) is 6.26. The summed E-state index contributed by atoms with van der Waals surface area (Å²) < 4.78 is 5.68. The molecular weight excluding hydrogens is 288 g/mol. The summed E-state index contributed by atoms with van der Waals surface area (Å²) in [5.41, 5.74) is 2.83. The third-order valence-electron chi connectivity index (χ3n) is 4.43. The fourth-order valence-corrected chi connectivity index (χ4v) is 3.14. The molecule has 1 saturated heterocycles. The fraction of sp³-hybridized carbons (Fsp3) is 0.368. The number of ether oxygens (including phenoxy) is 1. The minimum absolute atomic E-state index is 0.0530. The molecule has 1 aromatic carbocycles. The van der Waals surface area contributed by atoms with Crippen molar-refractivity contribution in [3.05, 3.63) is 48.8 Å². The molecule has 1 aliphatic heterocycles. The molecule has 4 nitrogen and oxygen atoms in total. The third-order valence-corrected chi connectivity index (χ3v) is 4.43. The maximum atomic E-state index is 12.7. The van der Waals surface area contributed by atoms with Crippen LogP contribution in [0, 0.1) is 11.8 Å². The number of carbonyl (C=O) groups is 1. The predicted octanol–water partition coefficient (Wildman–Crippen LogP) is 3.75. The molecule has 4 heteroatoms. The Kier molecular flexibility index (Phi) is 4.72. The summed E-state index contributed by atoms with van der Waals surface area (Å²) in [7, 11) is 0. The number of hydrogen-bond donors (Lipinski definition) is 1. The average molecular weight is 310 g/mol. The zero-order chi connectivity index (χ0) is 16.2. The molecule has 0 aliphatic carbocycles. The quantitative estimate of drug-likeness (QED) is 0.935. The van der Waals surface area contributed by atoms with E-state index in [-0.39, 0.29) is 17.9 Å². The van der Waals surface area contributed by atoms with Crippen LogP contribution in [-0.2, 0) is 9.53 Å². The zero-order valence-electron chi connectivity index (χ0n) is 13.5. The van der Waals surface area contributed by atoms with Crippen LogP contribution in [-0.4, -0.2) is 23.6 Å². The Hall–Kier alpha value is -2.20. The van der Waals surface area contributed by atoms with Gasteiger partial charge in [0.15, 0.2) is 0 Å². The maximum Gasteiger partial charge on any atom is 0.253 e. The van der Waals surface area contributed by atoms with Gasteiger partial charge >= 0.3 is 0 Å². The summed E-state index contributed by atoms with van der Waals surface area (Å²) in [5.74, 6) is 0.662. The highest BCUT2D eigenvalue weighted by Gasteiger charge is 2.36. The van der Waals surface area contributed by atoms with Crippen LogP contribution in [0.1, 0.15) is 20.3 Å². The number of nitrogens with one attached hydrogen (secondary N) is 1. The Morgan fingerprint density at radius 1 is 1.22 bits per heavy atom. The average Bonchev–Trinajstić information content (AvgIpc) is 3.06. The summed E-state index contributed by atoms with van der Waals surface area (Å²) in [6.07, 6.45) is 4.09. The molecule has 2 heterocycles. The molecule has 1 amide bonds. The normalized spacial score (nSPS) is 20.7. The van der Waals surface area contributed by atoms with E-state index in [2.05, 4.69) is 24.1 Å². The largest absolute Gasteiger partial charge is 0.368 e. The number of rotatable bonds is 4. The molecule has 1 aromatic heterocycles. The molecular formula is C19H22N2O2. The van der Waals surface area contributed by atoms with Gasteiger partial charge in [-0.2, -0.15) is 0 Å². The van der Waals surface area contributed by atoms with Gasteiger partial charge in [0.05, 0.1) is 0 Å². The lowest BCUT2D eigenvalue weighted by Gasteiger charge is -2.21. The van der Waals surface area contributed by atoms with E-state index in [1.165, 1.54) is 0 Å². The fourth-order valence-electron chi connectivity index (χ4n) is 3.14. The van der Waals surface area contributed by atoms with Gasteiger partial charge in [-0.25, -0.2) is 0 Å². The van der Waals surface area contributed by atoms with Crippen molar-refractivity contribution in [1.82, 2.24) is 4.98 Å². The van der Waals surface area contributed by atoms with E-state index < -0.39 is 0 Å². The second-order valence-corrected chi connectivity index (χ2v) is 6.26. The lowest BCUT2D eigenvalue weighted by molar-refractivity contribution is -0.126. The van der Waals surface area contributed by atoms with E-state index in [9.17, 15) is 4.79 Å². The lowest BCUT2D eigenvalue weighted by Crippen LogP contribution is -2.34. The number of carbonyl (C=O) groups excluding carboxylic acids is 1. The first-order valence-corrected chi connectivity index (χ1v) is 8.08. The number of aromatic nitrogens is 1. The van der Waals surface area contributed by atoms with E-state index in [4.69, 9.17) is 4.74 Å². The first kappa shape index (κ1) is 15.7. The summed E-state index contributed by atoms with van der Waals surface area (Å²) in [6, 6.07) is 11.7. The van der Waals surface area contributed by atoms with Crippen molar-refractivity contribution in [3.8, 4) is 11.1 Å². The highest BCUT2D eigenvalue weighted by molar-refractivity contribution is 5.98. The smallest absolute Gasteiger partial charge is 0.253 e. The Balaban J connectivity index is 1.82. The minimum Gasteiger partial charge on any atom is -0.368 e. The topological polar surface area (TPSA) is 51.2 Å². The van der Waals surface area contributed by atoms with Gasteiger partial charge in [0, 0.05) is 30.3 Å². The molecule has 1 fully saturated rings. The van der Waals surface area contributed by atoms with Crippen LogP contribution in [0.5, 0.6) is 0 Å². The van der Waals surface area contributed by atoms with Crippen LogP contribution in [0.25, 0.3) is 11.1 Å². The van der Waals surface area contributed by atoms with Crippen molar-refractivity contribution in [1.29, 1.82) is 0 Å². The number of anilines is 1. The third kappa shape index (κ3) is 3.42. The molecule has 0 saturated carbocycles. The van der Waals surface area contributed by atoms with E-state index >= 15 is 0 Å². The van der Waals surface area contributed by atoms with Crippen LogP contribution >= 0.6 is 0 Å².